The van der Waals surface area contributed by atoms with E-state index in [2.05, 4.69) is 33.7 Å². The Balaban J connectivity index is 1.42. The average molecular weight is 498 g/mol. The van der Waals surface area contributed by atoms with E-state index in [1.165, 1.54) is 23.9 Å². The van der Waals surface area contributed by atoms with Gasteiger partial charge in [-0.25, -0.2) is 4.68 Å². The molecule has 188 valence electrons. The van der Waals surface area contributed by atoms with Crippen LogP contribution in [0, 0.1) is 13.8 Å². The van der Waals surface area contributed by atoms with Crippen LogP contribution < -0.4 is 10.9 Å². The Bertz CT molecular complexity index is 1250. The number of nitrogens with one attached hydrogen (secondary N) is 1. The molecule has 35 heavy (non-hydrogen) atoms. The van der Waals surface area contributed by atoms with Gasteiger partial charge < -0.3 is 9.88 Å². The molecule has 0 aliphatic carbocycles. The van der Waals surface area contributed by atoms with E-state index in [4.69, 9.17) is 11.6 Å². The second kappa shape index (κ2) is 11.0. The van der Waals surface area contributed by atoms with Crippen molar-refractivity contribution in [3.05, 3.63) is 62.8 Å². The number of likely N-dealkylation sites (tertiary alicyclic amines) is 1. The summed E-state index contributed by atoms with van der Waals surface area (Å²) in [5, 5.41) is 9.37. The van der Waals surface area contributed by atoms with E-state index >= 15 is 0 Å². The predicted octanol–water partition coefficient (Wildman–Crippen LogP) is 4.29. The van der Waals surface area contributed by atoms with Gasteiger partial charge >= 0.3 is 0 Å². The SMILES string of the molecule is Cc1c2cnn(CC(=O)NCCCN3[C@H](C)CCC[C@@H]3C)c(=O)c2c(C)n1Cc1ccccc1Cl. The van der Waals surface area contributed by atoms with Gasteiger partial charge in [0.05, 0.1) is 11.6 Å². The quantitative estimate of drug-likeness (QED) is 0.471. The van der Waals surface area contributed by atoms with Crippen LogP contribution in [0.25, 0.3) is 10.8 Å². The molecule has 0 spiro atoms. The molecule has 1 fully saturated rings. The summed E-state index contributed by atoms with van der Waals surface area (Å²) in [5.41, 5.74) is 2.55. The largest absolute Gasteiger partial charge is 0.354 e. The molecule has 4 rings (SSSR count). The zero-order valence-corrected chi connectivity index (χ0v) is 21.9. The summed E-state index contributed by atoms with van der Waals surface area (Å²) in [4.78, 5) is 28.4. The summed E-state index contributed by atoms with van der Waals surface area (Å²) in [6, 6.07) is 8.91. The summed E-state index contributed by atoms with van der Waals surface area (Å²) in [6.45, 7) is 10.5. The minimum absolute atomic E-state index is 0.0839. The van der Waals surface area contributed by atoms with Crippen LogP contribution in [0.5, 0.6) is 0 Å². The predicted molar refractivity (Wildman–Crippen MR) is 141 cm³/mol. The van der Waals surface area contributed by atoms with E-state index in [9.17, 15) is 9.59 Å². The molecule has 2 aromatic heterocycles. The van der Waals surface area contributed by atoms with Crippen molar-refractivity contribution in [2.75, 3.05) is 13.1 Å². The van der Waals surface area contributed by atoms with Gasteiger partial charge in [-0.15, -0.1) is 0 Å². The number of carbonyl (C=O) groups excluding carboxylic acids is 1. The van der Waals surface area contributed by atoms with Crippen molar-refractivity contribution in [2.45, 2.75) is 78.6 Å². The van der Waals surface area contributed by atoms with Gasteiger partial charge in [0, 0.05) is 53.5 Å². The number of aromatic nitrogens is 3. The Morgan fingerprint density at radius 3 is 2.57 bits per heavy atom. The summed E-state index contributed by atoms with van der Waals surface area (Å²) in [6.07, 6.45) is 6.36. The van der Waals surface area contributed by atoms with Crippen molar-refractivity contribution >= 4 is 28.3 Å². The topological polar surface area (TPSA) is 72.2 Å². The molecule has 1 aliphatic rings. The third-order valence-corrected chi connectivity index (χ3v) is 7.84. The van der Waals surface area contributed by atoms with Crippen LogP contribution in [0.2, 0.25) is 5.02 Å². The van der Waals surface area contributed by atoms with Crippen molar-refractivity contribution in [1.29, 1.82) is 0 Å². The molecule has 1 saturated heterocycles. The molecule has 1 amide bonds. The van der Waals surface area contributed by atoms with Crippen molar-refractivity contribution in [2.24, 2.45) is 0 Å². The van der Waals surface area contributed by atoms with Gasteiger partial charge in [0.1, 0.15) is 6.54 Å². The van der Waals surface area contributed by atoms with E-state index < -0.39 is 0 Å². The number of amides is 1. The first-order chi connectivity index (χ1) is 16.8. The minimum Gasteiger partial charge on any atom is -0.354 e. The number of halogens is 1. The molecule has 0 radical (unpaired) electrons. The maximum absolute atomic E-state index is 13.3. The standard InChI is InChI=1S/C27H36ClN5O2/c1-18-9-7-10-19(2)31(18)14-8-13-29-25(34)17-33-27(35)26-21(4)32(20(3)23(26)15-30-33)16-22-11-5-6-12-24(22)28/h5-6,11-12,15,18-19H,7-10,13-14,16-17H2,1-4H3,(H,29,34)/t18-,19+. The number of benzene rings is 1. The lowest BCUT2D eigenvalue weighted by atomic mass is 9.97. The van der Waals surface area contributed by atoms with Crippen molar-refractivity contribution < 1.29 is 4.79 Å². The third-order valence-electron chi connectivity index (χ3n) is 7.48. The maximum Gasteiger partial charge on any atom is 0.276 e. The zero-order valence-electron chi connectivity index (χ0n) is 21.2. The second-order valence-electron chi connectivity index (χ2n) is 9.81. The first kappa shape index (κ1) is 25.5. The van der Waals surface area contributed by atoms with Crippen molar-refractivity contribution in [3.63, 3.8) is 0 Å². The maximum atomic E-state index is 13.3. The Kier molecular flexibility index (Phi) is 7.97. The number of rotatable bonds is 8. The molecule has 1 aliphatic heterocycles. The molecule has 8 heteroatoms. The van der Waals surface area contributed by atoms with E-state index in [1.54, 1.807) is 6.20 Å². The summed E-state index contributed by atoms with van der Waals surface area (Å²) in [5.74, 6) is -0.191. The molecule has 0 saturated carbocycles. The molecule has 3 heterocycles. The van der Waals surface area contributed by atoms with E-state index in [0.29, 0.717) is 35.6 Å². The fraction of sp³-hybridized carbons (Fsp3) is 0.519. The second-order valence-corrected chi connectivity index (χ2v) is 10.2. The molecule has 0 unspecified atom stereocenters. The number of carbonyl (C=O) groups is 1. The van der Waals surface area contributed by atoms with Crippen molar-refractivity contribution in [1.82, 2.24) is 24.6 Å². The molecule has 0 bridgehead atoms. The molecule has 2 atom stereocenters. The van der Waals surface area contributed by atoms with E-state index in [0.717, 1.165) is 35.3 Å². The van der Waals surface area contributed by atoms with Crippen LogP contribution in [-0.4, -0.2) is 50.3 Å². The van der Waals surface area contributed by atoms with Gasteiger partial charge in [0.25, 0.3) is 5.56 Å². The van der Waals surface area contributed by atoms with Gasteiger partial charge in [0.15, 0.2) is 0 Å². The number of fused-ring (bicyclic) bond motifs is 1. The van der Waals surface area contributed by atoms with Crippen molar-refractivity contribution in [3.8, 4) is 0 Å². The monoisotopic (exact) mass is 497 g/mol. The molecule has 7 nitrogen and oxygen atoms in total. The number of aryl methyl sites for hydroxylation is 2. The van der Waals surface area contributed by atoms with Crippen LogP contribution in [0.1, 0.15) is 56.5 Å². The summed E-state index contributed by atoms with van der Waals surface area (Å²) >= 11 is 6.36. The lowest BCUT2D eigenvalue weighted by Gasteiger charge is -2.39. The lowest BCUT2D eigenvalue weighted by molar-refractivity contribution is -0.121. The lowest BCUT2D eigenvalue weighted by Crippen LogP contribution is -2.45. The molecular formula is C27H36ClN5O2. The Morgan fingerprint density at radius 1 is 1.14 bits per heavy atom. The number of piperidine rings is 1. The highest BCUT2D eigenvalue weighted by Crippen LogP contribution is 2.25. The number of nitrogens with zero attached hydrogens (tertiary/aromatic N) is 4. The number of hydrogen-bond acceptors (Lipinski definition) is 4. The zero-order chi connectivity index (χ0) is 25.1. The van der Waals surface area contributed by atoms with E-state index in [1.807, 2.05) is 38.1 Å². The van der Waals surface area contributed by atoms with Gasteiger partial charge in [0.2, 0.25) is 5.91 Å². The normalized spacial score (nSPS) is 18.8. The Morgan fingerprint density at radius 2 is 1.86 bits per heavy atom. The van der Waals surface area contributed by atoms with Crippen LogP contribution in [-0.2, 0) is 17.9 Å². The molecule has 1 aromatic carbocycles. The Hall–Kier alpha value is -2.64. The van der Waals surface area contributed by atoms with Gasteiger partial charge in [-0.05, 0) is 58.6 Å². The summed E-state index contributed by atoms with van der Waals surface area (Å²) in [7, 11) is 0. The third kappa shape index (κ3) is 5.46. The van der Waals surface area contributed by atoms with Crippen LogP contribution in [0.3, 0.4) is 0 Å². The van der Waals surface area contributed by atoms with E-state index in [-0.39, 0.29) is 18.0 Å². The van der Waals surface area contributed by atoms with Gasteiger partial charge in [-0.1, -0.05) is 36.2 Å². The van der Waals surface area contributed by atoms with Crippen LogP contribution in [0.15, 0.2) is 35.3 Å². The highest BCUT2D eigenvalue weighted by molar-refractivity contribution is 6.31. The minimum atomic E-state index is -0.243. The average Bonchev–Trinajstić information content (AvgIpc) is 3.06. The highest BCUT2D eigenvalue weighted by Gasteiger charge is 2.24. The molecular weight excluding hydrogens is 462 g/mol. The smallest absolute Gasteiger partial charge is 0.276 e. The summed E-state index contributed by atoms with van der Waals surface area (Å²) < 4.78 is 3.35. The van der Waals surface area contributed by atoms with Crippen LogP contribution in [0.4, 0.5) is 0 Å². The first-order valence-electron chi connectivity index (χ1n) is 12.6. The molecule has 1 N–H and O–H groups in total. The van der Waals surface area contributed by atoms with Crippen LogP contribution >= 0.6 is 11.6 Å². The molecule has 3 aromatic rings. The highest BCUT2D eigenvalue weighted by atomic mass is 35.5. The number of hydrogen-bond donors (Lipinski definition) is 1. The van der Waals surface area contributed by atoms with Gasteiger partial charge in [-0.2, -0.15) is 5.10 Å². The fourth-order valence-electron chi connectivity index (χ4n) is 5.39. The van der Waals surface area contributed by atoms with Gasteiger partial charge in [-0.3, -0.25) is 14.5 Å². The first-order valence-corrected chi connectivity index (χ1v) is 13.0. The fourth-order valence-corrected chi connectivity index (χ4v) is 5.58. The Labute approximate surface area is 212 Å².